The molecule has 0 unspecified atom stereocenters. The number of hydrogen-bond acceptors (Lipinski definition) is 3. The van der Waals surface area contributed by atoms with Crippen LogP contribution in [0, 0.1) is 12.1 Å². The smallest absolute Gasteiger partial charge is 0 e. The molecule has 227 valence electrons. The number of benzene rings is 4. The van der Waals surface area contributed by atoms with Gasteiger partial charge in [-0.1, -0.05) is 79.4 Å². The summed E-state index contributed by atoms with van der Waals surface area (Å²) in [5.41, 5.74) is 8.03. The Morgan fingerprint density at radius 2 is 1.47 bits per heavy atom. The van der Waals surface area contributed by atoms with Gasteiger partial charge in [-0.15, -0.1) is 23.8 Å². The van der Waals surface area contributed by atoms with Crippen molar-refractivity contribution in [1.29, 1.82) is 0 Å². The molecule has 0 aliphatic heterocycles. The van der Waals surface area contributed by atoms with Crippen molar-refractivity contribution in [1.82, 2.24) is 9.97 Å². The minimum Gasteiger partial charge on any atom is 0 e. The zero-order valence-corrected chi connectivity index (χ0v) is 31.6. The van der Waals surface area contributed by atoms with Crippen molar-refractivity contribution in [2.75, 3.05) is 0 Å². The Balaban J connectivity index is 0.000000202. The van der Waals surface area contributed by atoms with Gasteiger partial charge in [0.25, 0.3) is 0 Å². The van der Waals surface area contributed by atoms with E-state index in [-0.39, 0.29) is 20.1 Å². The van der Waals surface area contributed by atoms with Gasteiger partial charge in [0.1, 0.15) is 0 Å². The molecule has 0 saturated carbocycles. The second-order valence-electron chi connectivity index (χ2n) is 12.3. The van der Waals surface area contributed by atoms with Gasteiger partial charge in [0, 0.05) is 31.0 Å². The minimum absolute atomic E-state index is 0. The summed E-state index contributed by atoms with van der Waals surface area (Å²) in [6.45, 7) is 4.43. The Bertz CT molecular complexity index is 2010. The summed E-state index contributed by atoms with van der Waals surface area (Å²) in [4.78, 5) is 9.20. The predicted octanol–water partition coefficient (Wildman–Crippen LogP) is 10.8. The summed E-state index contributed by atoms with van der Waals surface area (Å²) in [6, 6.07) is 44.7. The Morgan fingerprint density at radius 1 is 0.689 bits per heavy atom. The van der Waals surface area contributed by atoms with E-state index in [1.54, 1.807) is 0 Å². The normalized spacial score (nSPS) is 11.2. The first-order chi connectivity index (χ1) is 21.3. The first-order valence-electron chi connectivity index (χ1n) is 15.1. The third-order valence-electron chi connectivity index (χ3n) is 7.86. The average Bonchev–Trinajstić information content (AvgIpc) is 3.45. The number of aromatic nitrogens is 2. The van der Waals surface area contributed by atoms with Crippen molar-refractivity contribution >= 4 is 49.2 Å². The van der Waals surface area contributed by atoms with Crippen LogP contribution in [-0.4, -0.2) is 23.2 Å². The second kappa shape index (κ2) is 14.3. The van der Waals surface area contributed by atoms with Gasteiger partial charge in [0.05, 0.1) is 0 Å². The molecular formula is C40H36GeIrN2S-2. The second-order valence-corrected chi connectivity index (χ2v) is 24.0. The van der Waals surface area contributed by atoms with Crippen LogP contribution in [0.25, 0.3) is 53.8 Å². The van der Waals surface area contributed by atoms with Crippen LogP contribution in [0.15, 0.2) is 122 Å². The molecule has 0 atom stereocenters. The van der Waals surface area contributed by atoms with Crippen LogP contribution in [0.2, 0.25) is 17.3 Å². The quantitative estimate of drug-likeness (QED) is 0.127. The molecule has 3 aromatic heterocycles. The molecular weight excluding hydrogens is 805 g/mol. The molecule has 0 saturated heterocycles. The van der Waals surface area contributed by atoms with E-state index in [2.05, 4.69) is 132 Å². The van der Waals surface area contributed by atoms with Crippen molar-refractivity contribution in [3.63, 3.8) is 0 Å². The van der Waals surface area contributed by atoms with Gasteiger partial charge < -0.3 is 4.98 Å². The summed E-state index contributed by atoms with van der Waals surface area (Å²) < 4.78 is 4.03. The number of rotatable bonds is 5. The molecule has 0 amide bonds. The molecule has 2 nitrogen and oxygen atoms in total. The van der Waals surface area contributed by atoms with Crippen LogP contribution in [-0.2, 0) is 20.1 Å². The molecule has 0 spiro atoms. The Labute approximate surface area is 287 Å². The molecule has 7 rings (SSSR count). The van der Waals surface area contributed by atoms with E-state index in [4.69, 9.17) is 0 Å². The van der Waals surface area contributed by atoms with Gasteiger partial charge in [-0.05, 0) is 38.9 Å². The van der Waals surface area contributed by atoms with E-state index in [0.29, 0.717) is 5.92 Å². The number of pyridine rings is 2. The van der Waals surface area contributed by atoms with Gasteiger partial charge in [-0.3, -0.25) is 0 Å². The van der Waals surface area contributed by atoms with Crippen molar-refractivity contribution in [3.05, 3.63) is 139 Å². The van der Waals surface area contributed by atoms with E-state index in [1.807, 2.05) is 54.1 Å². The van der Waals surface area contributed by atoms with Crippen LogP contribution in [0.1, 0.15) is 25.3 Å². The van der Waals surface area contributed by atoms with Gasteiger partial charge in [-0.2, -0.15) is 11.3 Å². The van der Waals surface area contributed by atoms with Crippen LogP contribution in [0.5, 0.6) is 0 Å². The van der Waals surface area contributed by atoms with E-state index in [1.165, 1.54) is 41.3 Å². The third kappa shape index (κ3) is 7.37. The molecule has 45 heavy (non-hydrogen) atoms. The Hall–Kier alpha value is -3.41. The third-order valence-corrected chi connectivity index (χ3v) is 13.4. The standard InChI is InChI=1S/C26H20NS.C14H16GeN.Ir/c1-17(2)19-14-15-27-24(16-19)23-13-7-12-22-21-11-6-10-20(25(21)28-26(22)23)18-8-4-3-5-9-18;1-15(2,3)13-9-10-14(16-11-13)12-7-5-4-6-8-12;/h3-12,14-17H,1-2H3;4-7,9-11H,1-3H3;/q2*-1;. The van der Waals surface area contributed by atoms with E-state index in [0.717, 1.165) is 22.5 Å². The van der Waals surface area contributed by atoms with Crippen molar-refractivity contribution in [2.45, 2.75) is 37.0 Å². The van der Waals surface area contributed by atoms with E-state index in [9.17, 15) is 0 Å². The van der Waals surface area contributed by atoms with Gasteiger partial charge in [0.15, 0.2) is 0 Å². The zero-order chi connectivity index (χ0) is 30.7. The molecule has 4 aromatic carbocycles. The molecule has 7 aromatic rings. The van der Waals surface area contributed by atoms with Crippen molar-refractivity contribution < 1.29 is 20.1 Å². The maximum Gasteiger partial charge on any atom is 0 e. The molecule has 0 bridgehead atoms. The largest absolute Gasteiger partial charge is 0 e. The SMILES string of the molecule is CC(C)c1ccnc(-c2[c-]ccc3c2sc2c(-c4ccccc4)cccc23)c1.[CH3][Ge]([CH3])([CH3])[c]1ccc(-c2[c-]cccc2)nc1.[Ir]. The summed E-state index contributed by atoms with van der Waals surface area (Å²) in [6.07, 6.45) is 3.95. The van der Waals surface area contributed by atoms with E-state index >= 15 is 0 Å². The maximum atomic E-state index is 4.67. The predicted molar refractivity (Wildman–Crippen MR) is 192 cm³/mol. The molecule has 3 heterocycles. The fourth-order valence-corrected chi connectivity index (χ4v) is 8.80. The fraction of sp³-hybridized carbons (Fsp3) is 0.150. The minimum atomic E-state index is -1.72. The van der Waals surface area contributed by atoms with Crippen LogP contribution in [0.4, 0.5) is 0 Å². The summed E-state index contributed by atoms with van der Waals surface area (Å²) in [5.74, 6) is 7.62. The first kappa shape index (κ1) is 33.0. The number of hydrogen-bond donors (Lipinski definition) is 0. The first-order valence-corrected chi connectivity index (χ1v) is 23.3. The van der Waals surface area contributed by atoms with Gasteiger partial charge >= 0.3 is 99.8 Å². The zero-order valence-electron chi connectivity index (χ0n) is 26.3. The fourth-order valence-electron chi connectivity index (χ4n) is 5.29. The molecule has 5 heteroatoms. The molecule has 0 N–H and O–H groups in total. The van der Waals surface area contributed by atoms with E-state index < -0.39 is 13.3 Å². The maximum absolute atomic E-state index is 4.67. The Morgan fingerprint density at radius 3 is 2.16 bits per heavy atom. The molecule has 0 aliphatic rings. The van der Waals surface area contributed by atoms with Crippen molar-refractivity contribution in [3.8, 4) is 33.6 Å². The van der Waals surface area contributed by atoms with Crippen molar-refractivity contribution in [2.24, 2.45) is 0 Å². The monoisotopic (exact) mass is 843 g/mol. The van der Waals surface area contributed by atoms with Crippen LogP contribution >= 0.6 is 11.3 Å². The average molecular weight is 842 g/mol. The van der Waals surface area contributed by atoms with Gasteiger partial charge in [-0.25, -0.2) is 0 Å². The summed E-state index contributed by atoms with van der Waals surface area (Å²) >= 11 is 0.132. The molecule has 1 radical (unpaired) electrons. The Kier molecular flexibility index (Phi) is 10.5. The molecule has 0 fully saturated rings. The summed E-state index contributed by atoms with van der Waals surface area (Å²) in [7, 11) is 0. The number of nitrogens with zero attached hydrogens (tertiary/aromatic N) is 2. The summed E-state index contributed by atoms with van der Waals surface area (Å²) in [5, 5.41) is 2.58. The van der Waals surface area contributed by atoms with Gasteiger partial charge in [0.2, 0.25) is 0 Å². The topological polar surface area (TPSA) is 25.8 Å². The van der Waals surface area contributed by atoms with Crippen LogP contribution < -0.4 is 4.40 Å². The number of thiophene rings is 1. The molecule has 0 aliphatic carbocycles. The number of fused-ring (bicyclic) bond motifs is 3. The van der Waals surface area contributed by atoms with Crippen LogP contribution in [0.3, 0.4) is 0 Å².